The van der Waals surface area contributed by atoms with Gasteiger partial charge in [-0.15, -0.1) is 0 Å². The molecule has 0 aromatic heterocycles. The highest BCUT2D eigenvalue weighted by atomic mass is 19.1. The Morgan fingerprint density at radius 2 is 2.14 bits per heavy atom. The SMILES string of the molecule is C[C@](N)(C(=O)O)c1cccc(O)c1F. The van der Waals surface area contributed by atoms with Gasteiger partial charge in [0.25, 0.3) is 0 Å². The second-order valence-electron chi connectivity index (χ2n) is 3.15. The Bertz CT molecular complexity index is 376. The number of hydrogen-bond donors (Lipinski definition) is 3. The molecular weight excluding hydrogens is 189 g/mol. The molecule has 0 heterocycles. The van der Waals surface area contributed by atoms with Crippen molar-refractivity contribution in [1.29, 1.82) is 0 Å². The summed E-state index contributed by atoms with van der Waals surface area (Å²) in [6.45, 7) is 1.16. The van der Waals surface area contributed by atoms with Crippen LogP contribution in [-0.2, 0) is 10.3 Å². The van der Waals surface area contributed by atoms with Crippen LogP contribution < -0.4 is 5.73 Å². The summed E-state index contributed by atoms with van der Waals surface area (Å²) >= 11 is 0. The van der Waals surface area contributed by atoms with Gasteiger partial charge in [-0.3, -0.25) is 0 Å². The van der Waals surface area contributed by atoms with Crippen LogP contribution in [0.2, 0.25) is 0 Å². The van der Waals surface area contributed by atoms with Gasteiger partial charge in [0, 0.05) is 5.56 Å². The fourth-order valence-electron chi connectivity index (χ4n) is 1.04. The van der Waals surface area contributed by atoms with Crippen molar-refractivity contribution in [3.05, 3.63) is 29.6 Å². The van der Waals surface area contributed by atoms with Gasteiger partial charge in [0.2, 0.25) is 0 Å². The fourth-order valence-corrected chi connectivity index (χ4v) is 1.04. The first-order chi connectivity index (χ1) is 6.37. The van der Waals surface area contributed by atoms with Gasteiger partial charge in [-0.05, 0) is 13.0 Å². The van der Waals surface area contributed by atoms with Crippen molar-refractivity contribution in [3.8, 4) is 5.75 Å². The summed E-state index contributed by atoms with van der Waals surface area (Å²) < 4.78 is 13.3. The highest BCUT2D eigenvalue weighted by molar-refractivity contribution is 5.80. The Kier molecular flexibility index (Phi) is 2.44. The van der Waals surface area contributed by atoms with Crippen molar-refractivity contribution in [1.82, 2.24) is 0 Å². The fraction of sp³-hybridized carbons (Fsp3) is 0.222. The van der Waals surface area contributed by atoms with Crippen LogP contribution in [0.25, 0.3) is 0 Å². The van der Waals surface area contributed by atoms with E-state index in [1.54, 1.807) is 0 Å². The summed E-state index contributed by atoms with van der Waals surface area (Å²) in [5.41, 5.74) is 3.31. The van der Waals surface area contributed by atoms with Crippen molar-refractivity contribution in [2.24, 2.45) is 5.73 Å². The van der Waals surface area contributed by atoms with Crippen molar-refractivity contribution >= 4 is 5.97 Å². The molecular formula is C9H10FNO3. The minimum absolute atomic E-state index is 0.245. The van der Waals surface area contributed by atoms with Crippen LogP contribution in [0.1, 0.15) is 12.5 Å². The van der Waals surface area contributed by atoms with E-state index in [9.17, 15) is 9.18 Å². The lowest BCUT2D eigenvalue weighted by Crippen LogP contribution is -2.42. The largest absolute Gasteiger partial charge is 0.505 e. The van der Waals surface area contributed by atoms with E-state index in [2.05, 4.69) is 0 Å². The molecule has 0 saturated carbocycles. The number of phenolic OH excluding ortho intramolecular Hbond substituents is 1. The minimum atomic E-state index is -1.84. The van der Waals surface area contributed by atoms with Crippen LogP contribution >= 0.6 is 0 Å². The second-order valence-corrected chi connectivity index (χ2v) is 3.15. The lowest BCUT2D eigenvalue weighted by atomic mass is 9.93. The first-order valence-electron chi connectivity index (χ1n) is 3.87. The van der Waals surface area contributed by atoms with Gasteiger partial charge in [0.15, 0.2) is 11.6 Å². The van der Waals surface area contributed by atoms with Crippen LogP contribution in [-0.4, -0.2) is 16.2 Å². The third kappa shape index (κ3) is 1.54. The molecule has 0 fully saturated rings. The minimum Gasteiger partial charge on any atom is -0.505 e. The molecule has 0 radical (unpaired) electrons. The van der Waals surface area contributed by atoms with Gasteiger partial charge in [0.05, 0.1) is 0 Å². The first kappa shape index (κ1) is 10.5. The Labute approximate surface area is 79.8 Å². The molecule has 4 N–H and O–H groups in total. The predicted octanol–water partition coefficient (Wildman–Crippen LogP) is 0.790. The maximum atomic E-state index is 13.3. The number of halogens is 1. The number of hydrogen-bond acceptors (Lipinski definition) is 3. The zero-order valence-electron chi connectivity index (χ0n) is 7.49. The second kappa shape index (κ2) is 3.26. The van der Waals surface area contributed by atoms with Gasteiger partial charge >= 0.3 is 5.97 Å². The topological polar surface area (TPSA) is 83.6 Å². The molecule has 0 bridgehead atoms. The molecule has 1 atom stereocenters. The van der Waals surface area contributed by atoms with Crippen molar-refractivity contribution in [2.45, 2.75) is 12.5 Å². The summed E-state index contributed by atoms with van der Waals surface area (Å²) in [6, 6.07) is 3.68. The number of rotatable bonds is 2. The van der Waals surface area contributed by atoms with Gasteiger partial charge < -0.3 is 15.9 Å². The molecule has 0 aliphatic rings. The third-order valence-electron chi connectivity index (χ3n) is 1.98. The number of nitrogens with two attached hydrogens (primary N) is 1. The molecule has 4 nitrogen and oxygen atoms in total. The molecule has 0 aliphatic carbocycles. The summed E-state index contributed by atoms with van der Waals surface area (Å²) in [6.07, 6.45) is 0. The monoisotopic (exact) mass is 199 g/mol. The lowest BCUT2D eigenvalue weighted by Gasteiger charge is -2.20. The summed E-state index contributed by atoms with van der Waals surface area (Å²) in [4.78, 5) is 10.7. The summed E-state index contributed by atoms with van der Waals surface area (Å²) in [7, 11) is 0. The molecule has 0 saturated heterocycles. The molecule has 1 rings (SSSR count). The van der Waals surface area contributed by atoms with Crippen LogP contribution in [0.15, 0.2) is 18.2 Å². The predicted molar refractivity (Wildman–Crippen MR) is 47.2 cm³/mol. The van der Waals surface area contributed by atoms with Crippen LogP contribution in [0.4, 0.5) is 4.39 Å². The van der Waals surface area contributed by atoms with Gasteiger partial charge in [-0.2, -0.15) is 0 Å². The molecule has 1 aromatic carbocycles. The van der Waals surface area contributed by atoms with E-state index >= 15 is 0 Å². The molecule has 1 aromatic rings. The number of aliphatic carboxylic acids is 1. The summed E-state index contributed by atoms with van der Waals surface area (Å²) in [5, 5.41) is 17.8. The smallest absolute Gasteiger partial charge is 0.328 e. The molecule has 14 heavy (non-hydrogen) atoms. The molecule has 76 valence electrons. The normalized spacial score (nSPS) is 14.8. The number of benzene rings is 1. The number of carboxylic acid groups (broad SMARTS) is 1. The van der Waals surface area contributed by atoms with Crippen molar-refractivity contribution < 1.29 is 19.4 Å². The molecule has 0 unspecified atom stereocenters. The Morgan fingerprint density at radius 1 is 1.57 bits per heavy atom. The van der Waals surface area contributed by atoms with E-state index in [1.165, 1.54) is 12.1 Å². The first-order valence-corrected chi connectivity index (χ1v) is 3.87. The third-order valence-corrected chi connectivity index (χ3v) is 1.98. The molecule has 0 amide bonds. The van der Waals surface area contributed by atoms with Gasteiger partial charge in [-0.1, -0.05) is 12.1 Å². The molecule has 0 spiro atoms. The number of aromatic hydroxyl groups is 1. The Hall–Kier alpha value is -1.62. The average molecular weight is 199 g/mol. The molecule has 0 aliphatic heterocycles. The number of phenols is 1. The Morgan fingerprint density at radius 3 is 2.64 bits per heavy atom. The average Bonchev–Trinajstić information content (AvgIpc) is 2.09. The van der Waals surface area contributed by atoms with E-state index < -0.39 is 23.1 Å². The highest BCUT2D eigenvalue weighted by Crippen LogP contribution is 2.26. The zero-order chi connectivity index (χ0) is 10.9. The standard InChI is InChI=1S/C9H10FNO3/c1-9(11,8(13)14)5-3-2-4-6(12)7(5)10/h2-4,12H,11H2,1H3,(H,13,14)/t9-/m1/s1. The quantitative estimate of drug-likeness (QED) is 0.657. The molecule has 5 heteroatoms. The number of carboxylic acids is 1. The summed E-state index contributed by atoms with van der Waals surface area (Å²) in [5.74, 6) is -2.97. The van der Waals surface area contributed by atoms with E-state index in [-0.39, 0.29) is 5.56 Å². The maximum Gasteiger partial charge on any atom is 0.328 e. The van der Waals surface area contributed by atoms with Crippen LogP contribution in [0.5, 0.6) is 5.75 Å². The highest BCUT2D eigenvalue weighted by Gasteiger charge is 2.33. The van der Waals surface area contributed by atoms with Crippen LogP contribution in [0.3, 0.4) is 0 Å². The maximum absolute atomic E-state index is 13.3. The van der Waals surface area contributed by atoms with E-state index in [0.29, 0.717) is 0 Å². The number of carbonyl (C=O) groups is 1. The zero-order valence-corrected chi connectivity index (χ0v) is 7.49. The van der Waals surface area contributed by atoms with Gasteiger partial charge in [0.1, 0.15) is 5.54 Å². The van der Waals surface area contributed by atoms with Crippen molar-refractivity contribution in [2.75, 3.05) is 0 Å². The Balaban J connectivity index is 3.33. The van der Waals surface area contributed by atoms with E-state index in [1.807, 2.05) is 0 Å². The van der Waals surface area contributed by atoms with Gasteiger partial charge in [-0.25, -0.2) is 9.18 Å². The van der Waals surface area contributed by atoms with Crippen LogP contribution in [0, 0.1) is 5.82 Å². The van der Waals surface area contributed by atoms with E-state index in [0.717, 1.165) is 13.0 Å². The van der Waals surface area contributed by atoms with Crippen molar-refractivity contribution in [3.63, 3.8) is 0 Å². The lowest BCUT2D eigenvalue weighted by molar-refractivity contribution is -0.143. The van der Waals surface area contributed by atoms with E-state index in [4.69, 9.17) is 15.9 Å².